The SMILES string of the molecule is CC/C=C\C/C=C\C/C=C\C/C=C\CCCCC(=O)OC(COC(=O)CC/C=C\C/C=C\C/C=C\C/C=C\CC)COC(=O)CCCCCCCCCCCCCCCCCCCCCCCCCCCC. The molecule has 0 aromatic heterocycles. The van der Waals surface area contributed by atoms with Crippen LogP contribution in [0.5, 0.6) is 0 Å². The molecule has 0 amide bonds. The Balaban J connectivity index is 4.31. The van der Waals surface area contributed by atoms with E-state index in [1.807, 2.05) is 12.2 Å². The minimum atomic E-state index is -0.828. The minimum Gasteiger partial charge on any atom is -0.462 e. The van der Waals surface area contributed by atoms with Gasteiger partial charge in [0.05, 0.1) is 0 Å². The molecule has 0 saturated carbocycles. The summed E-state index contributed by atoms with van der Waals surface area (Å²) < 4.78 is 16.8. The predicted molar refractivity (Wildman–Crippen MR) is 311 cm³/mol. The molecular weight excluding hydrogens is 889 g/mol. The van der Waals surface area contributed by atoms with Crippen LogP contribution in [0.3, 0.4) is 0 Å². The third-order valence-electron chi connectivity index (χ3n) is 12.8. The molecule has 0 spiro atoms. The fraction of sp³-hybridized carbons (Fsp3) is 0.712. The van der Waals surface area contributed by atoms with Crippen molar-refractivity contribution in [1.82, 2.24) is 0 Å². The molecule has 0 rings (SSSR count). The van der Waals surface area contributed by atoms with Crippen LogP contribution in [-0.4, -0.2) is 37.2 Å². The van der Waals surface area contributed by atoms with Gasteiger partial charge in [0, 0.05) is 19.3 Å². The number of unbranched alkanes of at least 4 members (excludes halogenated alkanes) is 27. The summed E-state index contributed by atoms with van der Waals surface area (Å²) in [5, 5.41) is 0. The Morgan fingerprint density at radius 3 is 0.931 bits per heavy atom. The van der Waals surface area contributed by atoms with Crippen molar-refractivity contribution in [2.45, 2.75) is 290 Å². The molecule has 0 heterocycles. The maximum Gasteiger partial charge on any atom is 0.306 e. The summed E-state index contributed by atoms with van der Waals surface area (Å²) in [6.07, 6.45) is 80.2. The standard InChI is InChI=1S/C66H112O6/c1-4-7-10-13-16-19-22-25-27-28-29-30-31-32-33-34-35-36-37-39-41-44-47-50-53-56-59-65(68)71-62-63(61-70-64(67)58-55-52-49-46-43-40-24-21-18-15-12-9-6-3)72-66(69)60-57-54-51-48-45-42-38-26-23-20-17-14-11-8-5-2/h8-9,11-12,17-18,20-21,26,38,40,43,45,48-49,52,63H,4-7,10,13-16,19,22-25,27-37,39,41-42,44,46-47,50-51,53-62H2,1-3H3/b11-8-,12-9-,20-17-,21-18-,38-26-,43-40-,48-45-,52-49-. The number of allylic oxidation sites excluding steroid dienone is 16. The molecule has 0 aliphatic carbocycles. The first kappa shape index (κ1) is 68.3. The molecule has 0 aromatic rings. The molecule has 0 N–H and O–H groups in total. The molecule has 72 heavy (non-hydrogen) atoms. The zero-order valence-corrected chi connectivity index (χ0v) is 47.2. The van der Waals surface area contributed by atoms with E-state index in [0.717, 1.165) is 83.5 Å². The fourth-order valence-electron chi connectivity index (χ4n) is 8.39. The van der Waals surface area contributed by atoms with Crippen molar-refractivity contribution in [3.8, 4) is 0 Å². The topological polar surface area (TPSA) is 78.9 Å². The number of ether oxygens (including phenoxy) is 3. The second-order valence-corrected chi connectivity index (χ2v) is 19.9. The van der Waals surface area contributed by atoms with Gasteiger partial charge in [-0.1, -0.05) is 279 Å². The van der Waals surface area contributed by atoms with Crippen LogP contribution in [0.4, 0.5) is 0 Å². The molecule has 0 aliphatic heterocycles. The summed E-state index contributed by atoms with van der Waals surface area (Å²) in [7, 11) is 0. The van der Waals surface area contributed by atoms with Gasteiger partial charge in [0.1, 0.15) is 13.2 Å². The first-order valence-electron chi connectivity index (χ1n) is 30.2. The molecule has 412 valence electrons. The van der Waals surface area contributed by atoms with Crippen molar-refractivity contribution in [3.63, 3.8) is 0 Å². The van der Waals surface area contributed by atoms with E-state index in [1.165, 1.54) is 148 Å². The number of carbonyl (C=O) groups excluding carboxylic acids is 3. The number of esters is 3. The first-order chi connectivity index (χ1) is 35.5. The Morgan fingerprint density at radius 2 is 0.569 bits per heavy atom. The smallest absolute Gasteiger partial charge is 0.306 e. The van der Waals surface area contributed by atoms with E-state index >= 15 is 0 Å². The average molecular weight is 1000 g/mol. The summed E-state index contributed by atoms with van der Waals surface area (Å²) in [5.74, 6) is -1.04. The van der Waals surface area contributed by atoms with Crippen LogP contribution >= 0.6 is 0 Å². The van der Waals surface area contributed by atoms with Gasteiger partial charge in [-0.2, -0.15) is 0 Å². The Labute approximate surface area is 445 Å². The van der Waals surface area contributed by atoms with Gasteiger partial charge >= 0.3 is 17.9 Å². The van der Waals surface area contributed by atoms with Gasteiger partial charge in [-0.3, -0.25) is 14.4 Å². The zero-order valence-electron chi connectivity index (χ0n) is 47.2. The third kappa shape index (κ3) is 57.2. The molecule has 6 heteroatoms. The molecule has 1 unspecified atom stereocenters. The van der Waals surface area contributed by atoms with Crippen LogP contribution in [0, 0.1) is 0 Å². The van der Waals surface area contributed by atoms with Gasteiger partial charge in [0.15, 0.2) is 6.10 Å². The van der Waals surface area contributed by atoms with Crippen molar-refractivity contribution in [3.05, 3.63) is 97.2 Å². The largest absolute Gasteiger partial charge is 0.462 e. The molecule has 0 fully saturated rings. The Hall–Kier alpha value is -3.67. The highest BCUT2D eigenvalue weighted by Gasteiger charge is 2.19. The van der Waals surface area contributed by atoms with Crippen molar-refractivity contribution in [2.75, 3.05) is 13.2 Å². The van der Waals surface area contributed by atoms with E-state index in [4.69, 9.17) is 14.2 Å². The number of hydrogen-bond acceptors (Lipinski definition) is 6. The molecule has 0 radical (unpaired) electrons. The van der Waals surface area contributed by atoms with Gasteiger partial charge < -0.3 is 14.2 Å². The van der Waals surface area contributed by atoms with Gasteiger partial charge in [-0.15, -0.1) is 0 Å². The highest BCUT2D eigenvalue weighted by molar-refractivity contribution is 5.71. The van der Waals surface area contributed by atoms with Gasteiger partial charge in [0.2, 0.25) is 0 Å². The normalized spacial score (nSPS) is 12.8. The van der Waals surface area contributed by atoms with Crippen LogP contribution in [0.1, 0.15) is 284 Å². The summed E-state index contributed by atoms with van der Waals surface area (Å²) in [6, 6.07) is 0. The van der Waals surface area contributed by atoms with Crippen LogP contribution in [0.2, 0.25) is 0 Å². The second kappa shape index (κ2) is 59.9. The molecule has 1 atom stereocenters. The molecule has 0 aliphatic rings. The summed E-state index contributed by atoms with van der Waals surface area (Å²) in [6.45, 7) is 6.33. The Bertz CT molecular complexity index is 1430. The van der Waals surface area contributed by atoms with E-state index in [0.29, 0.717) is 19.3 Å². The molecule has 0 aromatic carbocycles. The van der Waals surface area contributed by atoms with E-state index in [2.05, 4.69) is 106 Å². The van der Waals surface area contributed by atoms with E-state index in [9.17, 15) is 14.4 Å². The van der Waals surface area contributed by atoms with Crippen LogP contribution < -0.4 is 0 Å². The van der Waals surface area contributed by atoms with Crippen molar-refractivity contribution in [2.24, 2.45) is 0 Å². The lowest BCUT2D eigenvalue weighted by Crippen LogP contribution is -2.30. The van der Waals surface area contributed by atoms with Gasteiger partial charge in [-0.05, 0) is 83.5 Å². The Morgan fingerprint density at radius 1 is 0.292 bits per heavy atom. The molecule has 0 bridgehead atoms. The predicted octanol–water partition coefficient (Wildman–Crippen LogP) is 20.5. The average Bonchev–Trinajstić information content (AvgIpc) is 3.38. The number of carbonyl (C=O) groups is 3. The maximum absolute atomic E-state index is 12.8. The zero-order chi connectivity index (χ0) is 52.2. The van der Waals surface area contributed by atoms with Gasteiger partial charge in [-0.25, -0.2) is 0 Å². The Kier molecular flexibility index (Phi) is 56.8. The molecule has 6 nitrogen and oxygen atoms in total. The summed E-state index contributed by atoms with van der Waals surface area (Å²) in [4.78, 5) is 38.1. The first-order valence-corrected chi connectivity index (χ1v) is 30.2. The highest BCUT2D eigenvalue weighted by atomic mass is 16.6. The number of rotatable bonds is 54. The lowest BCUT2D eigenvalue weighted by Gasteiger charge is -2.18. The maximum atomic E-state index is 12.8. The van der Waals surface area contributed by atoms with Crippen LogP contribution in [0.15, 0.2) is 97.2 Å². The summed E-state index contributed by atoms with van der Waals surface area (Å²) >= 11 is 0. The van der Waals surface area contributed by atoms with E-state index < -0.39 is 6.10 Å². The fourth-order valence-corrected chi connectivity index (χ4v) is 8.39. The third-order valence-corrected chi connectivity index (χ3v) is 12.8. The lowest BCUT2D eigenvalue weighted by atomic mass is 10.0. The van der Waals surface area contributed by atoms with Crippen molar-refractivity contribution >= 4 is 17.9 Å². The summed E-state index contributed by atoms with van der Waals surface area (Å²) in [5.41, 5.74) is 0. The van der Waals surface area contributed by atoms with Crippen LogP contribution in [-0.2, 0) is 28.6 Å². The van der Waals surface area contributed by atoms with Gasteiger partial charge in [0.25, 0.3) is 0 Å². The molecular formula is C66H112O6. The van der Waals surface area contributed by atoms with Crippen molar-refractivity contribution in [1.29, 1.82) is 0 Å². The molecule has 0 saturated heterocycles. The highest BCUT2D eigenvalue weighted by Crippen LogP contribution is 2.17. The van der Waals surface area contributed by atoms with E-state index in [1.54, 1.807) is 0 Å². The lowest BCUT2D eigenvalue weighted by molar-refractivity contribution is -0.166. The van der Waals surface area contributed by atoms with Crippen LogP contribution in [0.25, 0.3) is 0 Å². The van der Waals surface area contributed by atoms with E-state index in [-0.39, 0.29) is 44.0 Å². The quantitative estimate of drug-likeness (QED) is 0.0261. The van der Waals surface area contributed by atoms with Crippen molar-refractivity contribution < 1.29 is 28.6 Å². The monoisotopic (exact) mass is 1000 g/mol. The number of hydrogen-bond donors (Lipinski definition) is 0. The second-order valence-electron chi connectivity index (χ2n) is 19.9. The minimum absolute atomic E-state index is 0.115.